The summed E-state index contributed by atoms with van der Waals surface area (Å²) in [5, 5.41) is 6.23. The molecular weight excluding hydrogens is 352 g/mol. The molecule has 26 heavy (non-hydrogen) atoms. The van der Waals surface area contributed by atoms with Gasteiger partial charge in [-0.1, -0.05) is 24.9 Å². The third kappa shape index (κ3) is 4.99. The summed E-state index contributed by atoms with van der Waals surface area (Å²) in [5.74, 6) is 0.0595. The van der Waals surface area contributed by atoms with Crippen LogP contribution in [0.15, 0.2) is 36.4 Å². The van der Waals surface area contributed by atoms with Gasteiger partial charge < -0.3 is 15.4 Å². The Morgan fingerprint density at radius 3 is 2.27 bits per heavy atom. The molecule has 0 unspecified atom stereocenters. The second-order valence-electron chi connectivity index (χ2n) is 5.94. The lowest BCUT2D eigenvalue weighted by Crippen LogP contribution is -2.24. The van der Waals surface area contributed by atoms with Gasteiger partial charge in [0.05, 0.1) is 12.8 Å². The lowest BCUT2D eigenvalue weighted by molar-refractivity contribution is 0.0951. The largest absolute Gasteiger partial charge is 0.495 e. The zero-order valence-electron chi connectivity index (χ0n) is 15.2. The number of benzene rings is 2. The van der Waals surface area contributed by atoms with Crippen LogP contribution in [0.1, 0.15) is 46.0 Å². The average molecular weight is 375 g/mol. The molecule has 0 radical (unpaired) electrons. The number of anilines is 1. The Hall–Kier alpha value is -2.53. The minimum atomic E-state index is -0.289. The van der Waals surface area contributed by atoms with E-state index in [2.05, 4.69) is 17.6 Å². The van der Waals surface area contributed by atoms with E-state index in [0.29, 0.717) is 34.1 Å². The summed E-state index contributed by atoms with van der Waals surface area (Å²) in [5.41, 5.74) is 2.35. The van der Waals surface area contributed by atoms with Gasteiger partial charge in [0.25, 0.3) is 11.8 Å². The van der Waals surface area contributed by atoms with E-state index in [-0.39, 0.29) is 11.8 Å². The third-order valence-electron chi connectivity index (χ3n) is 3.95. The lowest BCUT2D eigenvalue weighted by atomic mass is 10.1. The van der Waals surface area contributed by atoms with Gasteiger partial charge in [-0.15, -0.1) is 0 Å². The van der Waals surface area contributed by atoms with Crippen LogP contribution in [-0.4, -0.2) is 25.5 Å². The van der Waals surface area contributed by atoms with Crippen molar-refractivity contribution in [2.45, 2.75) is 26.7 Å². The number of hydrogen-bond acceptors (Lipinski definition) is 3. The summed E-state index contributed by atoms with van der Waals surface area (Å²) >= 11 is 6.08. The van der Waals surface area contributed by atoms with Gasteiger partial charge in [-0.2, -0.15) is 0 Å². The summed E-state index contributed by atoms with van der Waals surface area (Å²) in [4.78, 5) is 24.5. The fourth-order valence-electron chi connectivity index (χ4n) is 2.38. The topological polar surface area (TPSA) is 67.4 Å². The first-order valence-electron chi connectivity index (χ1n) is 8.50. The van der Waals surface area contributed by atoms with E-state index in [4.69, 9.17) is 16.3 Å². The van der Waals surface area contributed by atoms with E-state index >= 15 is 0 Å². The van der Waals surface area contributed by atoms with Crippen LogP contribution in [0.3, 0.4) is 0 Å². The Morgan fingerprint density at radius 2 is 1.69 bits per heavy atom. The molecule has 0 spiro atoms. The molecule has 0 aromatic heterocycles. The number of unbranched alkanes of at least 4 members (excludes halogenated alkanes) is 1. The number of rotatable bonds is 7. The minimum absolute atomic E-state index is 0.139. The molecule has 0 saturated carbocycles. The molecule has 2 rings (SSSR count). The number of aryl methyl sites for hydroxylation is 1. The molecule has 2 amide bonds. The molecule has 6 heteroatoms. The third-order valence-corrected chi connectivity index (χ3v) is 4.36. The molecule has 0 fully saturated rings. The number of amides is 2. The molecule has 0 bridgehead atoms. The number of methoxy groups -OCH3 is 1. The molecule has 0 atom stereocenters. The van der Waals surface area contributed by atoms with Gasteiger partial charge in [-0.25, -0.2) is 0 Å². The molecule has 138 valence electrons. The number of carbonyl (C=O) groups excluding carboxylic acids is 2. The van der Waals surface area contributed by atoms with Crippen molar-refractivity contribution in [2.24, 2.45) is 0 Å². The molecule has 0 aliphatic rings. The second-order valence-corrected chi connectivity index (χ2v) is 6.35. The molecule has 0 aliphatic carbocycles. The van der Waals surface area contributed by atoms with Crippen LogP contribution < -0.4 is 15.4 Å². The van der Waals surface area contributed by atoms with Crippen molar-refractivity contribution in [3.8, 4) is 5.75 Å². The fourth-order valence-corrected chi connectivity index (χ4v) is 2.53. The van der Waals surface area contributed by atoms with E-state index in [1.54, 1.807) is 36.4 Å². The van der Waals surface area contributed by atoms with E-state index in [1.807, 2.05) is 6.92 Å². The van der Waals surface area contributed by atoms with Crippen LogP contribution in [0.4, 0.5) is 5.69 Å². The van der Waals surface area contributed by atoms with E-state index < -0.39 is 0 Å². The predicted octanol–water partition coefficient (Wildman–Crippen LogP) is 4.44. The van der Waals surface area contributed by atoms with Crippen LogP contribution in [0.25, 0.3) is 0 Å². The molecule has 2 N–H and O–H groups in total. The van der Waals surface area contributed by atoms with Crippen LogP contribution >= 0.6 is 11.6 Å². The quantitative estimate of drug-likeness (QED) is 0.704. The first-order chi connectivity index (χ1) is 12.5. The fraction of sp³-hybridized carbons (Fsp3) is 0.300. The number of nitrogens with one attached hydrogen (secondary N) is 2. The van der Waals surface area contributed by atoms with Crippen molar-refractivity contribution in [1.82, 2.24) is 5.32 Å². The summed E-state index contributed by atoms with van der Waals surface area (Å²) in [6.45, 7) is 4.56. The molecule has 0 aliphatic heterocycles. The molecule has 2 aromatic carbocycles. The molecular formula is C20H23ClN2O3. The Balaban J connectivity index is 2.09. The molecule has 2 aromatic rings. The van der Waals surface area contributed by atoms with Crippen molar-refractivity contribution in [1.29, 1.82) is 0 Å². The normalized spacial score (nSPS) is 10.3. The van der Waals surface area contributed by atoms with Crippen LogP contribution in [0, 0.1) is 6.92 Å². The van der Waals surface area contributed by atoms with Gasteiger partial charge in [0.2, 0.25) is 0 Å². The van der Waals surface area contributed by atoms with Crippen molar-refractivity contribution in [3.05, 3.63) is 58.1 Å². The standard InChI is InChI=1S/C20H23ClN2O3/c1-4-5-10-22-19(24)14-6-8-15(9-7-14)20(25)23-17-11-13(2)16(21)12-18(17)26-3/h6-9,11-12H,4-5,10H2,1-3H3,(H,22,24)(H,23,25). The summed E-state index contributed by atoms with van der Waals surface area (Å²) in [6, 6.07) is 9.95. The number of halogens is 1. The highest BCUT2D eigenvalue weighted by Gasteiger charge is 2.13. The number of ether oxygens (including phenoxy) is 1. The highest BCUT2D eigenvalue weighted by atomic mass is 35.5. The highest BCUT2D eigenvalue weighted by molar-refractivity contribution is 6.31. The van der Waals surface area contributed by atoms with Gasteiger partial charge in [0.15, 0.2) is 0 Å². The smallest absolute Gasteiger partial charge is 0.255 e. The minimum Gasteiger partial charge on any atom is -0.495 e. The maximum absolute atomic E-state index is 12.5. The van der Waals surface area contributed by atoms with Gasteiger partial charge in [-0.05, 0) is 49.2 Å². The summed E-state index contributed by atoms with van der Waals surface area (Å²) in [7, 11) is 1.52. The number of hydrogen-bond donors (Lipinski definition) is 2. The molecule has 0 saturated heterocycles. The van der Waals surface area contributed by atoms with Crippen LogP contribution in [0.5, 0.6) is 5.75 Å². The van der Waals surface area contributed by atoms with Gasteiger partial charge >= 0.3 is 0 Å². The average Bonchev–Trinajstić information content (AvgIpc) is 2.64. The van der Waals surface area contributed by atoms with Crippen molar-refractivity contribution >= 4 is 29.1 Å². The Kier molecular flexibility index (Phi) is 7.04. The van der Waals surface area contributed by atoms with Crippen molar-refractivity contribution in [2.75, 3.05) is 19.0 Å². The predicted molar refractivity (Wildman–Crippen MR) is 104 cm³/mol. The van der Waals surface area contributed by atoms with E-state index in [1.165, 1.54) is 7.11 Å². The zero-order chi connectivity index (χ0) is 19.1. The van der Waals surface area contributed by atoms with E-state index in [9.17, 15) is 9.59 Å². The first kappa shape index (κ1) is 19.8. The van der Waals surface area contributed by atoms with Crippen LogP contribution in [-0.2, 0) is 0 Å². The zero-order valence-corrected chi connectivity index (χ0v) is 15.9. The summed E-state index contributed by atoms with van der Waals surface area (Å²) in [6.07, 6.45) is 1.96. The van der Waals surface area contributed by atoms with Gasteiger partial charge in [-0.3, -0.25) is 9.59 Å². The van der Waals surface area contributed by atoms with Crippen LogP contribution in [0.2, 0.25) is 5.02 Å². The van der Waals surface area contributed by atoms with E-state index in [0.717, 1.165) is 18.4 Å². The maximum Gasteiger partial charge on any atom is 0.255 e. The maximum atomic E-state index is 12.5. The van der Waals surface area contributed by atoms with Gasteiger partial charge in [0, 0.05) is 28.8 Å². The molecule has 5 nitrogen and oxygen atoms in total. The van der Waals surface area contributed by atoms with Crippen molar-refractivity contribution in [3.63, 3.8) is 0 Å². The first-order valence-corrected chi connectivity index (χ1v) is 8.87. The lowest BCUT2D eigenvalue weighted by Gasteiger charge is -2.12. The second kappa shape index (κ2) is 9.25. The molecule has 0 heterocycles. The van der Waals surface area contributed by atoms with Crippen molar-refractivity contribution < 1.29 is 14.3 Å². The SMILES string of the molecule is CCCCNC(=O)c1ccc(C(=O)Nc2cc(C)c(Cl)cc2OC)cc1. The number of carbonyl (C=O) groups is 2. The van der Waals surface area contributed by atoms with Gasteiger partial charge in [0.1, 0.15) is 5.75 Å². The Bertz CT molecular complexity index is 788. The monoisotopic (exact) mass is 374 g/mol. The summed E-state index contributed by atoms with van der Waals surface area (Å²) < 4.78 is 5.26. The Morgan fingerprint density at radius 1 is 1.08 bits per heavy atom. The highest BCUT2D eigenvalue weighted by Crippen LogP contribution is 2.31. The Labute approximate surface area is 158 Å².